The minimum absolute atomic E-state index is 0. The summed E-state index contributed by atoms with van der Waals surface area (Å²) in [7, 11) is 0. The van der Waals surface area contributed by atoms with Gasteiger partial charge in [0.25, 0.3) is 0 Å². The average molecular weight is 427 g/mol. The van der Waals surface area contributed by atoms with Gasteiger partial charge in [-0.15, -0.1) is 0 Å². The Kier molecular flexibility index (Phi) is 28.8. The van der Waals surface area contributed by atoms with Crippen molar-refractivity contribution < 1.29 is 83.7 Å². The van der Waals surface area contributed by atoms with Gasteiger partial charge in [0.15, 0.2) is 5.78 Å². The molecule has 0 aromatic carbocycles. The number of hydrogen-bond donors (Lipinski definition) is 0. The molecule has 0 aromatic heterocycles. The van der Waals surface area contributed by atoms with Gasteiger partial charge in [0.1, 0.15) is 0 Å². The number of carboxylic acid groups (broad SMARTS) is 2. The van der Waals surface area contributed by atoms with Crippen LogP contribution in [-0.4, -0.2) is 17.7 Å². The van der Waals surface area contributed by atoms with Crippen molar-refractivity contribution in [2.24, 2.45) is 0 Å². The second-order valence-electron chi connectivity index (χ2n) is 7.29. The average Bonchev–Trinajstić information content (AvgIpc) is 2.62. The van der Waals surface area contributed by atoms with Crippen molar-refractivity contribution in [2.75, 3.05) is 0 Å². The van der Waals surface area contributed by atoms with Crippen molar-refractivity contribution in [1.82, 2.24) is 0 Å². The Morgan fingerprint density at radius 2 is 0.966 bits per heavy atom. The molecule has 0 amide bonds. The van der Waals surface area contributed by atoms with Crippen molar-refractivity contribution in [3.8, 4) is 0 Å². The van der Waals surface area contributed by atoms with E-state index in [9.17, 15) is 24.6 Å². The molecular weight excluding hydrogens is 390 g/mol. The molecule has 0 saturated heterocycles. The van der Waals surface area contributed by atoms with Crippen LogP contribution in [0, 0.1) is 0 Å². The molecule has 7 heteroatoms. The summed E-state index contributed by atoms with van der Waals surface area (Å²) in [5.41, 5.74) is -0.805. The number of Topliss-reactive ketones (excluding diaryl/α,β-unsaturated/α-hetero) is 1. The number of carboxylic acids is 2. The molecule has 0 aliphatic heterocycles. The van der Waals surface area contributed by atoms with E-state index < -0.39 is 23.3 Å². The third-order valence-electron chi connectivity index (χ3n) is 4.79. The smallest absolute Gasteiger partial charge is 0.545 e. The second kappa shape index (κ2) is 24.6. The SMILES string of the molecule is CCCCCCCCCCCCCCCCCC(=O)/C(=C\C(=O)[O-])C(=O)[O-].[Na+].[Na+]. The van der Waals surface area contributed by atoms with E-state index in [0.717, 1.165) is 19.3 Å². The molecule has 0 fully saturated rings. The Balaban J connectivity index is -0.00000338. The normalized spacial score (nSPS) is 10.7. The van der Waals surface area contributed by atoms with E-state index >= 15 is 0 Å². The van der Waals surface area contributed by atoms with Gasteiger partial charge in [0, 0.05) is 12.0 Å². The minimum atomic E-state index is -1.76. The van der Waals surface area contributed by atoms with Crippen LogP contribution in [0.1, 0.15) is 110 Å². The summed E-state index contributed by atoms with van der Waals surface area (Å²) in [5.74, 6) is -4.15. The summed E-state index contributed by atoms with van der Waals surface area (Å²) in [6.45, 7) is 2.24. The molecule has 0 aliphatic rings. The molecule has 5 nitrogen and oxygen atoms in total. The number of hydrogen-bond acceptors (Lipinski definition) is 5. The Morgan fingerprint density at radius 3 is 1.28 bits per heavy atom. The molecule has 0 aromatic rings. The maximum atomic E-state index is 11.7. The first-order valence-corrected chi connectivity index (χ1v) is 10.7. The van der Waals surface area contributed by atoms with Crippen molar-refractivity contribution in [3.05, 3.63) is 11.6 Å². The number of ketones is 1. The van der Waals surface area contributed by atoms with Gasteiger partial charge in [-0.2, -0.15) is 0 Å². The number of unbranched alkanes of at least 4 members (excludes halogenated alkanes) is 14. The molecule has 0 heterocycles. The summed E-state index contributed by atoms with van der Waals surface area (Å²) in [6.07, 6.45) is 18.4. The monoisotopic (exact) mass is 426 g/mol. The van der Waals surface area contributed by atoms with Crippen LogP contribution in [0.5, 0.6) is 0 Å². The molecule has 0 aliphatic carbocycles. The fourth-order valence-electron chi connectivity index (χ4n) is 3.16. The van der Waals surface area contributed by atoms with Crippen molar-refractivity contribution in [2.45, 2.75) is 110 Å². The summed E-state index contributed by atoms with van der Waals surface area (Å²) in [5, 5.41) is 21.1. The number of carbonyl (C=O) groups excluding carboxylic acids is 3. The Labute approximate surface area is 221 Å². The number of rotatable bonds is 19. The van der Waals surface area contributed by atoms with Crippen LogP contribution in [-0.2, 0) is 14.4 Å². The van der Waals surface area contributed by atoms with Gasteiger partial charge in [0.05, 0.1) is 11.9 Å². The molecule has 0 saturated carbocycles. The summed E-state index contributed by atoms with van der Waals surface area (Å²) < 4.78 is 0. The Hall–Kier alpha value is 0.350. The zero-order valence-corrected chi connectivity index (χ0v) is 22.9. The van der Waals surface area contributed by atoms with Gasteiger partial charge >= 0.3 is 59.1 Å². The number of aliphatic carboxylic acids is 2. The molecule has 0 bridgehead atoms. The van der Waals surface area contributed by atoms with Crippen molar-refractivity contribution >= 4 is 17.7 Å². The summed E-state index contributed by atoms with van der Waals surface area (Å²) >= 11 is 0. The largest absolute Gasteiger partial charge is 1.00 e. The molecular formula is C22H36Na2O5. The molecule has 29 heavy (non-hydrogen) atoms. The predicted molar refractivity (Wildman–Crippen MR) is 103 cm³/mol. The van der Waals surface area contributed by atoms with Gasteiger partial charge < -0.3 is 19.8 Å². The van der Waals surface area contributed by atoms with Gasteiger partial charge in [-0.25, -0.2) is 0 Å². The first-order valence-electron chi connectivity index (χ1n) is 10.7. The van der Waals surface area contributed by atoms with E-state index in [1.165, 1.54) is 70.6 Å². The molecule has 0 spiro atoms. The van der Waals surface area contributed by atoms with Crippen LogP contribution in [0.2, 0.25) is 0 Å². The van der Waals surface area contributed by atoms with Gasteiger partial charge in [-0.3, -0.25) is 4.79 Å². The molecule has 0 atom stereocenters. The third-order valence-corrected chi connectivity index (χ3v) is 4.79. The zero-order valence-electron chi connectivity index (χ0n) is 18.9. The van der Waals surface area contributed by atoms with Crippen LogP contribution in [0.25, 0.3) is 0 Å². The van der Waals surface area contributed by atoms with E-state index in [2.05, 4.69) is 6.92 Å². The van der Waals surface area contributed by atoms with E-state index in [1.54, 1.807) is 0 Å². The number of carbonyl (C=O) groups is 3. The third kappa shape index (κ3) is 22.9. The fourth-order valence-corrected chi connectivity index (χ4v) is 3.16. The van der Waals surface area contributed by atoms with Gasteiger partial charge in [0.2, 0.25) is 0 Å². The van der Waals surface area contributed by atoms with Crippen LogP contribution in [0.3, 0.4) is 0 Å². The minimum Gasteiger partial charge on any atom is -0.545 e. The van der Waals surface area contributed by atoms with Crippen LogP contribution in [0.4, 0.5) is 0 Å². The maximum Gasteiger partial charge on any atom is 1.00 e. The van der Waals surface area contributed by atoms with E-state index in [0.29, 0.717) is 12.5 Å². The van der Waals surface area contributed by atoms with E-state index in [1.807, 2.05) is 0 Å². The molecule has 0 unspecified atom stereocenters. The van der Waals surface area contributed by atoms with Crippen molar-refractivity contribution in [1.29, 1.82) is 0 Å². The summed E-state index contributed by atoms with van der Waals surface area (Å²) in [6, 6.07) is 0. The van der Waals surface area contributed by atoms with Crippen LogP contribution < -0.4 is 69.3 Å². The standard InChI is InChI=1S/C22H38O5.2Na/c1-2-3-4-5-6-7-8-9-10-11-12-13-14-15-16-17-20(23)19(22(26)27)18-21(24)25;;/h18H,2-17H2,1H3,(H,24,25)(H,26,27);;/q;2*+1/p-2/b19-18+;;. The maximum absolute atomic E-state index is 11.7. The molecule has 0 radical (unpaired) electrons. The molecule has 0 rings (SSSR count). The Morgan fingerprint density at radius 1 is 0.621 bits per heavy atom. The van der Waals surface area contributed by atoms with Crippen molar-refractivity contribution in [3.63, 3.8) is 0 Å². The first kappa shape index (κ1) is 34.0. The van der Waals surface area contributed by atoms with E-state index in [-0.39, 0.29) is 65.5 Å². The van der Waals surface area contributed by atoms with Gasteiger partial charge in [-0.05, 0) is 12.5 Å². The quantitative estimate of drug-likeness (QED) is 0.0734. The zero-order chi connectivity index (χ0) is 20.3. The van der Waals surface area contributed by atoms with Crippen LogP contribution in [0.15, 0.2) is 11.6 Å². The Bertz CT molecular complexity index is 464. The first-order chi connectivity index (χ1) is 13.0. The second-order valence-corrected chi connectivity index (χ2v) is 7.29. The molecule has 156 valence electrons. The molecule has 0 N–H and O–H groups in total. The topological polar surface area (TPSA) is 97.3 Å². The van der Waals surface area contributed by atoms with Gasteiger partial charge in [-0.1, -0.05) is 96.8 Å². The fraction of sp³-hybridized carbons (Fsp3) is 0.773. The van der Waals surface area contributed by atoms with E-state index in [4.69, 9.17) is 0 Å². The summed E-state index contributed by atoms with van der Waals surface area (Å²) in [4.78, 5) is 32.8. The predicted octanol–water partition coefficient (Wildman–Crippen LogP) is -2.75. The van der Waals surface area contributed by atoms with Crippen LogP contribution >= 0.6 is 0 Å².